The van der Waals surface area contributed by atoms with Crippen LogP contribution >= 0.6 is 12.0 Å². The Morgan fingerprint density at radius 2 is 2.00 bits per heavy atom. The quantitative estimate of drug-likeness (QED) is 0.565. The topological polar surface area (TPSA) is 23.5 Å². The summed E-state index contributed by atoms with van der Waals surface area (Å²) in [6.07, 6.45) is 2.27. The third-order valence-corrected chi connectivity index (χ3v) is 2.58. The van der Waals surface area contributed by atoms with Crippen LogP contribution in [0.4, 0.5) is 0 Å². The number of rotatable bonds is 1. The molecule has 0 unspecified atom stereocenters. The number of nitrogens with zero attached hydrogens (tertiary/aromatic N) is 1. The lowest BCUT2D eigenvalue weighted by Gasteiger charge is -2.26. The molecule has 1 N–H and O–H groups in total. The number of hydrogen-bond donors (Lipinski definition) is 1. The molecule has 0 amide bonds. The maximum absolute atomic E-state index is 8.68. The molecule has 2 nitrogen and oxygen atoms in total. The minimum Gasteiger partial charge on any atom is -0.330 e. The molecule has 1 heterocycles. The molecule has 0 aromatic rings. The molecule has 1 rings (SSSR count). The average Bonchev–Trinajstić information content (AvgIpc) is 1.90. The van der Waals surface area contributed by atoms with Gasteiger partial charge in [0, 0.05) is 5.25 Å². The van der Waals surface area contributed by atoms with Crippen molar-refractivity contribution in [2.45, 2.75) is 18.1 Å². The van der Waals surface area contributed by atoms with Crippen molar-refractivity contribution in [1.82, 2.24) is 4.90 Å². The number of piperidine rings is 1. The maximum atomic E-state index is 8.68. The Morgan fingerprint density at radius 1 is 1.44 bits per heavy atom. The van der Waals surface area contributed by atoms with E-state index in [1.165, 1.54) is 0 Å². The first kappa shape index (κ1) is 7.38. The molecule has 0 saturated carbocycles. The summed E-state index contributed by atoms with van der Waals surface area (Å²) < 4.78 is 8.68. The highest BCUT2D eigenvalue weighted by Crippen LogP contribution is 2.19. The van der Waals surface area contributed by atoms with Gasteiger partial charge in [0.15, 0.2) is 0 Å². The first-order valence-electron chi connectivity index (χ1n) is 3.31. The highest BCUT2D eigenvalue weighted by Gasteiger charge is 2.15. The molecular weight excluding hydrogens is 134 g/mol. The molecule has 0 aromatic heterocycles. The van der Waals surface area contributed by atoms with Crippen LogP contribution in [0.5, 0.6) is 0 Å². The SMILES string of the molecule is CN1CCC(SO)CC1. The van der Waals surface area contributed by atoms with Crippen molar-refractivity contribution >= 4 is 12.0 Å². The Hall–Kier alpha value is 0.270. The fourth-order valence-corrected chi connectivity index (χ4v) is 1.51. The van der Waals surface area contributed by atoms with Crippen LogP contribution in [0, 0.1) is 0 Å². The van der Waals surface area contributed by atoms with Gasteiger partial charge in [0.25, 0.3) is 0 Å². The summed E-state index contributed by atoms with van der Waals surface area (Å²) in [6, 6.07) is 0. The lowest BCUT2D eigenvalue weighted by molar-refractivity contribution is 0.280. The van der Waals surface area contributed by atoms with Gasteiger partial charge in [-0.25, -0.2) is 0 Å². The van der Waals surface area contributed by atoms with Crippen LogP contribution in [0.25, 0.3) is 0 Å². The van der Waals surface area contributed by atoms with Gasteiger partial charge in [-0.3, -0.25) is 0 Å². The van der Waals surface area contributed by atoms with Crippen molar-refractivity contribution in [1.29, 1.82) is 0 Å². The average molecular weight is 147 g/mol. The van der Waals surface area contributed by atoms with Gasteiger partial charge < -0.3 is 9.45 Å². The third-order valence-electron chi connectivity index (χ3n) is 1.81. The third kappa shape index (κ3) is 2.16. The van der Waals surface area contributed by atoms with Gasteiger partial charge in [-0.1, -0.05) is 0 Å². The summed E-state index contributed by atoms with van der Waals surface area (Å²) in [4.78, 5) is 2.30. The zero-order valence-electron chi connectivity index (χ0n) is 5.71. The van der Waals surface area contributed by atoms with E-state index in [4.69, 9.17) is 4.55 Å². The summed E-state index contributed by atoms with van der Waals surface area (Å²) in [5.74, 6) is 0. The normalized spacial score (nSPS) is 24.7. The number of hydrogen-bond acceptors (Lipinski definition) is 3. The van der Waals surface area contributed by atoms with Crippen LogP contribution in [0.3, 0.4) is 0 Å². The Bertz CT molecular complexity index is 81.1. The van der Waals surface area contributed by atoms with Crippen molar-refractivity contribution in [3.05, 3.63) is 0 Å². The minimum atomic E-state index is 0.501. The van der Waals surface area contributed by atoms with Gasteiger partial charge in [-0.2, -0.15) is 0 Å². The molecular formula is C6H13NOS. The molecule has 1 fully saturated rings. The zero-order valence-corrected chi connectivity index (χ0v) is 6.52. The summed E-state index contributed by atoms with van der Waals surface area (Å²) in [7, 11) is 2.12. The maximum Gasteiger partial charge on any atom is 0.0333 e. The molecule has 3 heteroatoms. The lowest BCUT2D eigenvalue weighted by atomic mass is 10.1. The summed E-state index contributed by atoms with van der Waals surface area (Å²) in [5, 5.41) is 0.501. The van der Waals surface area contributed by atoms with Crippen molar-refractivity contribution < 1.29 is 4.55 Å². The molecule has 0 aromatic carbocycles. The van der Waals surface area contributed by atoms with Crippen LogP contribution in [0.15, 0.2) is 0 Å². The van der Waals surface area contributed by atoms with E-state index in [2.05, 4.69) is 11.9 Å². The highest BCUT2D eigenvalue weighted by molar-refractivity contribution is 7.94. The molecule has 0 atom stereocenters. The minimum absolute atomic E-state index is 0.501. The molecule has 0 radical (unpaired) electrons. The second kappa shape index (κ2) is 3.44. The summed E-state index contributed by atoms with van der Waals surface area (Å²) >= 11 is 1.02. The van der Waals surface area contributed by atoms with Crippen LogP contribution < -0.4 is 0 Å². The molecule has 1 saturated heterocycles. The molecule has 1 aliphatic heterocycles. The van der Waals surface area contributed by atoms with E-state index >= 15 is 0 Å². The van der Waals surface area contributed by atoms with Crippen molar-refractivity contribution in [3.63, 3.8) is 0 Å². The molecule has 0 spiro atoms. The molecule has 9 heavy (non-hydrogen) atoms. The Kier molecular flexibility index (Phi) is 2.82. The first-order valence-corrected chi connectivity index (χ1v) is 4.15. The first-order chi connectivity index (χ1) is 4.33. The van der Waals surface area contributed by atoms with E-state index in [0.717, 1.165) is 38.0 Å². The van der Waals surface area contributed by atoms with E-state index in [1.54, 1.807) is 0 Å². The van der Waals surface area contributed by atoms with Crippen LogP contribution in [0.1, 0.15) is 12.8 Å². The van der Waals surface area contributed by atoms with E-state index in [0.29, 0.717) is 5.25 Å². The Balaban J connectivity index is 2.18. The van der Waals surface area contributed by atoms with Gasteiger partial charge in [-0.15, -0.1) is 0 Å². The van der Waals surface area contributed by atoms with E-state index in [1.807, 2.05) is 0 Å². The fourth-order valence-electron chi connectivity index (χ4n) is 1.09. The summed E-state index contributed by atoms with van der Waals surface area (Å²) in [6.45, 7) is 2.27. The van der Waals surface area contributed by atoms with Gasteiger partial charge in [0.05, 0.1) is 0 Å². The van der Waals surface area contributed by atoms with E-state index < -0.39 is 0 Å². The fraction of sp³-hybridized carbons (Fsp3) is 1.00. The summed E-state index contributed by atoms with van der Waals surface area (Å²) in [5.41, 5.74) is 0. The van der Waals surface area contributed by atoms with Gasteiger partial charge in [0.1, 0.15) is 0 Å². The van der Waals surface area contributed by atoms with Gasteiger partial charge in [-0.05, 0) is 45.0 Å². The van der Waals surface area contributed by atoms with Gasteiger partial charge in [0.2, 0.25) is 0 Å². The Labute approximate surface area is 60.4 Å². The van der Waals surface area contributed by atoms with Crippen molar-refractivity contribution in [2.24, 2.45) is 0 Å². The molecule has 54 valence electrons. The standard InChI is InChI=1S/C6H13NOS/c1-7-4-2-6(9-8)3-5-7/h6,8H,2-5H2,1H3. The van der Waals surface area contributed by atoms with E-state index in [-0.39, 0.29) is 0 Å². The predicted molar refractivity (Wildman–Crippen MR) is 40.7 cm³/mol. The largest absolute Gasteiger partial charge is 0.330 e. The zero-order chi connectivity index (χ0) is 6.69. The van der Waals surface area contributed by atoms with Crippen LogP contribution in [-0.2, 0) is 0 Å². The smallest absolute Gasteiger partial charge is 0.0333 e. The van der Waals surface area contributed by atoms with Crippen LogP contribution in [-0.4, -0.2) is 34.8 Å². The lowest BCUT2D eigenvalue weighted by Crippen LogP contribution is -2.31. The number of likely N-dealkylation sites (tertiary alicyclic amines) is 1. The second-order valence-corrected chi connectivity index (χ2v) is 3.49. The molecule has 0 bridgehead atoms. The van der Waals surface area contributed by atoms with Crippen LogP contribution in [0.2, 0.25) is 0 Å². The van der Waals surface area contributed by atoms with Crippen molar-refractivity contribution in [2.75, 3.05) is 20.1 Å². The molecule has 1 aliphatic rings. The monoisotopic (exact) mass is 147 g/mol. The van der Waals surface area contributed by atoms with E-state index in [9.17, 15) is 0 Å². The predicted octanol–water partition coefficient (Wildman–Crippen LogP) is 1.29. The highest BCUT2D eigenvalue weighted by atomic mass is 32.2. The Morgan fingerprint density at radius 3 is 2.44 bits per heavy atom. The van der Waals surface area contributed by atoms with Crippen molar-refractivity contribution in [3.8, 4) is 0 Å². The molecule has 0 aliphatic carbocycles. The van der Waals surface area contributed by atoms with Gasteiger partial charge >= 0.3 is 0 Å². The second-order valence-electron chi connectivity index (χ2n) is 2.61.